The Morgan fingerprint density at radius 2 is 2.00 bits per heavy atom. The molecular formula is C15H24N2O. The Kier molecular flexibility index (Phi) is 5.86. The van der Waals surface area contributed by atoms with E-state index in [1.54, 1.807) is 0 Å². The summed E-state index contributed by atoms with van der Waals surface area (Å²) in [6, 6.07) is 7.68. The van der Waals surface area contributed by atoms with Gasteiger partial charge in [0.05, 0.1) is 0 Å². The summed E-state index contributed by atoms with van der Waals surface area (Å²) < 4.78 is 0. The third-order valence-corrected chi connectivity index (χ3v) is 2.98. The second-order valence-corrected chi connectivity index (χ2v) is 5.25. The second-order valence-electron chi connectivity index (χ2n) is 5.25. The molecule has 1 aromatic carbocycles. The zero-order chi connectivity index (χ0) is 13.5. The summed E-state index contributed by atoms with van der Waals surface area (Å²) in [4.78, 5) is 12.0. The molecular weight excluding hydrogens is 224 g/mol. The number of nitrogens with one attached hydrogen (secondary N) is 1. The van der Waals surface area contributed by atoms with Crippen molar-refractivity contribution in [3.05, 3.63) is 35.4 Å². The van der Waals surface area contributed by atoms with E-state index in [1.165, 1.54) is 0 Å². The largest absolute Gasteiger partial charge is 0.350 e. The Morgan fingerprint density at radius 1 is 1.28 bits per heavy atom. The number of hydrogen-bond donors (Lipinski definition) is 2. The Bertz CT molecular complexity index is 388. The van der Waals surface area contributed by atoms with Gasteiger partial charge < -0.3 is 11.1 Å². The van der Waals surface area contributed by atoms with Gasteiger partial charge in [-0.1, -0.05) is 26.0 Å². The molecule has 1 rings (SSSR count). The van der Waals surface area contributed by atoms with Gasteiger partial charge >= 0.3 is 0 Å². The van der Waals surface area contributed by atoms with Crippen molar-refractivity contribution in [1.82, 2.24) is 5.32 Å². The maximum atomic E-state index is 12.0. The molecule has 0 fully saturated rings. The van der Waals surface area contributed by atoms with Crippen molar-refractivity contribution in [2.45, 2.75) is 46.2 Å². The first-order valence-electron chi connectivity index (χ1n) is 6.62. The van der Waals surface area contributed by atoms with Crippen LogP contribution in [0, 0.1) is 5.92 Å². The quantitative estimate of drug-likeness (QED) is 0.813. The van der Waals surface area contributed by atoms with E-state index in [0.717, 1.165) is 18.4 Å². The Labute approximate surface area is 110 Å². The van der Waals surface area contributed by atoms with Gasteiger partial charge in [-0.3, -0.25) is 4.79 Å². The number of hydrogen-bond acceptors (Lipinski definition) is 2. The first kappa shape index (κ1) is 14.7. The van der Waals surface area contributed by atoms with Crippen molar-refractivity contribution < 1.29 is 4.79 Å². The summed E-state index contributed by atoms with van der Waals surface area (Å²) in [6.45, 7) is 6.90. The van der Waals surface area contributed by atoms with Gasteiger partial charge in [-0.15, -0.1) is 0 Å². The third kappa shape index (κ3) is 4.88. The highest BCUT2D eigenvalue weighted by Crippen LogP contribution is 2.08. The van der Waals surface area contributed by atoms with Crippen molar-refractivity contribution in [2.75, 3.05) is 0 Å². The highest BCUT2D eigenvalue weighted by Gasteiger charge is 2.10. The molecule has 3 N–H and O–H groups in total. The topological polar surface area (TPSA) is 55.1 Å². The minimum absolute atomic E-state index is 0.0124. The fourth-order valence-corrected chi connectivity index (χ4v) is 1.80. The fourth-order valence-electron chi connectivity index (χ4n) is 1.80. The highest BCUT2D eigenvalue weighted by atomic mass is 16.1. The molecule has 0 aliphatic rings. The van der Waals surface area contributed by atoms with Gasteiger partial charge in [0.15, 0.2) is 0 Å². The van der Waals surface area contributed by atoms with Crippen LogP contribution < -0.4 is 11.1 Å². The predicted octanol–water partition coefficient (Wildman–Crippen LogP) is 2.70. The molecule has 0 radical (unpaired) electrons. The molecule has 0 aliphatic heterocycles. The van der Waals surface area contributed by atoms with Gasteiger partial charge in [0.2, 0.25) is 0 Å². The third-order valence-electron chi connectivity index (χ3n) is 2.98. The molecule has 1 unspecified atom stereocenters. The van der Waals surface area contributed by atoms with E-state index < -0.39 is 0 Å². The summed E-state index contributed by atoms with van der Waals surface area (Å²) in [6.07, 6.45) is 2.14. The predicted molar refractivity (Wildman–Crippen MR) is 75.3 cm³/mol. The number of nitrogens with two attached hydrogens (primary N) is 1. The fraction of sp³-hybridized carbons (Fsp3) is 0.533. The summed E-state index contributed by atoms with van der Waals surface area (Å²) >= 11 is 0. The number of benzene rings is 1. The molecule has 100 valence electrons. The number of rotatable bonds is 6. The van der Waals surface area contributed by atoms with Crippen LogP contribution in [0.15, 0.2) is 24.3 Å². The van der Waals surface area contributed by atoms with Crippen LogP contribution in [0.3, 0.4) is 0 Å². The van der Waals surface area contributed by atoms with Crippen LogP contribution in [0.2, 0.25) is 0 Å². The average molecular weight is 248 g/mol. The first-order valence-corrected chi connectivity index (χ1v) is 6.62. The molecule has 0 bridgehead atoms. The van der Waals surface area contributed by atoms with Crippen molar-refractivity contribution in [2.24, 2.45) is 11.7 Å². The molecule has 0 aliphatic carbocycles. The van der Waals surface area contributed by atoms with Crippen molar-refractivity contribution in [3.63, 3.8) is 0 Å². The minimum Gasteiger partial charge on any atom is -0.350 e. The SMILES string of the molecule is CC(C)CCC(C)NC(=O)c1cccc(CN)c1. The highest BCUT2D eigenvalue weighted by molar-refractivity contribution is 5.94. The first-order chi connectivity index (χ1) is 8.52. The monoisotopic (exact) mass is 248 g/mol. The normalized spacial score (nSPS) is 12.5. The lowest BCUT2D eigenvalue weighted by Crippen LogP contribution is -2.32. The van der Waals surface area contributed by atoms with Crippen LogP contribution in [-0.2, 0) is 6.54 Å². The summed E-state index contributed by atoms with van der Waals surface area (Å²) in [5, 5.41) is 3.02. The van der Waals surface area contributed by atoms with Gasteiger partial charge in [0.1, 0.15) is 0 Å². The lowest BCUT2D eigenvalue weighted by molar-refractivity contribution is 0.0937. The van der Waals surface area contributed by atoms with Gasteiger partial charge in [-0.05, 0) is 43.4 Å². The van der Waals surface area contributed by atoms with E-state index >= 15 is 0 Å². The molecule has 3 heteroatoms. The van der Waals surface area contributed by atoms with Crippen LogP contribution in [0.1, 0.15) is 49.5 Å². The van der Waals surface area contributed by atoms with E-state index in [0.29, 0.717) is 18.0 Å². The zero-order valence-corrected chi connectivity index (χ0v) is 11.6. The molecule has 0 saturated carbocycles. The van der Waals surface area contributed by atoms with E-state index in [9.17, 15) is 4.79 Å². The lowest BCUT2D eigenvalue weighted by atomic mass is 10.0. The van der Waals surface area contributed by atoms with Crippen molar-refractivity contribution >= 4 is 5.91 Å². The Balaban J connectivity index is 2.53. The van der Waals surface area contributed by atoms with Crippen LogP contribution in [0.4, 0.5) is 0 Å². The smallest absolute Gasteiger partial charge is 0.251 e. The Hall–Kier alpha value is -1.35. The molecule has 0 spiro atoms. The number of carbonyl (C=O) groups is 1. The zero-order valence-electron chi connectivity index (χ0n) is 11.6. The van der Waals surface area contributed by atoms with Crippen molar-refractivity contribution in [1.29, 1.82) is 0 Å². The molecule has 18 heavy (non-hydrogen) atoms. The molecule has 0 aromatic heterocycles. The van der Waals surface area contributed by atoms with Gasteiger partial charge in [-0.2, -0.15) is 0 Å². The minimum atomic E-state index is -0.0124. The van der Waals surface area contributed by atoms with Crippen LogP contribution in [0.25, 0.3) is 0 Å². The summed E-state index contributed by atoms with van der Waals surface area (Å²) in [5.74, 6) is 0.659. The number of amides is 1. The molecule has 3 nitrogen and oxygen atoms in total. The maximum absolute atomic E-state index is 12.0. The van der Waals surface area contributed by atoms with E-state index in [4.69, 9.17) is 5.73 Å². The van der Waals surface area contributed by atoms with E-state index in [-0.39, 0.29) is 11.9 Å². The molecule has 0 heterocycles. The number of carbonyl (C=O) groups excluding carboxylic acids is 1. The standard InChI is InChI=1S/C15H24N2O/c1-11(2)7-8-12(3)17-15(18)14-6-4-5-13(9-14)10-16/h4-6,9,11-12H,7-8,10,16H2,1-3H3,(H,17,18). The second kappa shape index (κ2) is 7.17. The van der Waals surface area contributed by atoms with Crippen molar-refractivity contribution in [3.8, 4) is 0 Å². The average Bonchev–Trinajstić information content (AvgIpc) is 2.36. The van der Waals surface area contributed by atoms with Gasteiger partial charge in [0, 0.05) is 18.2 Å². The molecule has 1 aromatic rings. The maximum Gasteiger partial charge on any atom is 0.251 e. The molecule has 1 amide bonds. The Morgan fingerprint density at radius 3 is 2.61 bits per heavy atom. The van der Waals surface area contributed by atoms with Crippen LogP contribution in [0.5, 0.6) is 0 Å². The lowest BCUT2D eigenvalue weighted by Gasteiger charge is -2.15. The summed E-state index contributed by atoms with van der Waals surface area (Å²) in [7, 11) is 0. The van der Waals surface area contributed by atoms with Gasteiger partial charge in [-0.25, -0.2) is 0 Å². The molecule has 1 atom stereocenters. The van der Waals surface area contributed by atoms with Crippen LogP contribution >= 0.6 is 0 Å². The summed E-state index contributed by atoms with van der Waals surface area (Å²) in [5.41, 5.74) is 7.24. The van der Waals surface area contributed by atoms with Gasteiger partial charge in [0.25, 0.3) is 5.91 Å². The molecule has 0 saturated heterocycles. The van der Waals surface area contributed by atoms with E-state index in [2.05, 4.69) is 19.2 Å². The van der Waals surface area contributed by atoms with Crippen LogP contribution in [-0.4, -0.2) is 11.9 Å². The van der Waals surface area contributed by atoms with E-state index in [1.807, 2.05) is 31.2 Å².